The Balaban J connectivity index is 1.78. The average Bonchev–Trinajstić information content (AvgIpc) is 2.52. The summed E-state index contributed by atoms with van der Waals surface area (Å²) < 4.78 is 12.1. The summed E-state index contributed by atoms with van der Waals surface area (Å²) in [6.45, 7) is 3.52. The van der Waals surface area contributed by atoms with Crippen molar-refractivity contribution in [3.05, 3.63) is 58.6 Å². The maximum absolute atomic E-state index is 5.74. The number of methoxy groups -OCH3 is 1. The molecule has 0 aliphatic rings. The van der Waals surface area contributed by atoms with Crippen LogP contribution in [0.25, 0.3) is 0 Å². The molecule has 112 valence electrons. The van der Waals surface area contributed by atoms with Crippen LogP contribution < -0.4 is 14.8 Å². The Kier molecular flexibility index (Phi) is 6.08. The van der Waals surface area contributed by atoms with Crippen LogP contribution in [0.4, 0.5) is 0 Å². The molecule has 21 heavy (non-hydrogen) atoms. The molecule has 0 aromatic heterocycles. The van der Waals surface area contributed by atoms with Gasteiger partial charge in [-0.2, -0.15) is 0 Å². The molecule has 0 aliphatic heterocycles. The molecule has 0 unspecified atom stereocenters. The van der Waals surface area contributed by atoms with Gasteiger partial charge < -0.3 is 14.8 Å². The molecular weight excluding hydrogens is 330 g/mol. The summed E-state index contributed by atoms with van der Waals surface area (Å²) in [6.07, 6.45) is 0. The topological polar surface area (TPSA) is 30.5 Å². The Morgan fingerprint density at radius 3 is 2.38 bits per heavy atom. The van der Waals surface area contributed by atoms with E-state index < -0.39 is 0 Å². The van der Waals surface area contributed by atoms with Gasteiger partial charge in [-0.1, -0.05) is 40.2 Å². The Morgan fingerprint density at radius 1 is 1.05 bits per heavy atom. The van der Waals surface area contributed by atoms with Gasteiger partial charge in [0.15, 0.2) is 11.5 Å². The summed E-state index contributed by atoms with van der Waals surface area (Å²) in [6, 6.07) is 16.3. The van der Waals surface area contributed by atoms with Gasteiger partial charge in [0, 0.05) is 17.1 Å². The minimum Gasteiger partial charge on any atom is -0.493 e. The smallest absolute Gasteiger partial charge is 0.161 e. The van der Waals surface area contributed by atoms with Crippen LogP contribution >= 0.6 is 15.9 Å². The number of ether oxygens (including phenoxy) is 2. The predicted octanol–water partition coefficient (Wildman–Crippen LogP) is 4.19. The zero-order valence-corrected chi connectivity index (χ0v) is 13.9. The van der Waals surface area contributed by atoms with Crippen LogP contribution in [0.2, 0.25) is 0 Å². The van der Waals surface area contributed by atoms with Crippen molar-refractivity contribution in [3.8, 4) is 11.5 Å². The maximum Gasteiger partial charge on any atom is 0.161 e. The van der Waals surface area contributed by atoms with E-state index in [4.69, 9.17) is 9.47 Å². The fraction of sp³-hybridized carbons (Fsp3) is 0.294. The fourth-order valence-corrected chi connectivity index (χ4v) is 2.31. The molecule has 3 nitrogen and oxygen atoms in total. The van der Waals surface area contributed by atoms with E-state index in [1.54, 1.807) is 7.11 Å². The Morgan fingerprint density at radius 2 is 1.71 bits per heavy atom. The number of para-hydroxylation sites is 2. The van der Waals surface area contributed by atoms with Gasteiger partial charge in [-0.3, -0.25) is 0 Å². The van der Waals surface area contributed by atoms with Crippen molar-refractivity contribution in [2.75, 3.05) is 20.3 Å². The zero-order valence-electron chi connectivity index (χ0n) is 12.3. The van der Waals surface area contributed by atoms with Crippen LogP contribution in [0.3, 0.4) is 0 Å². The van der Waals surface area contributed by atoms with Crippen molar-refractivity contribution in [2.45, 2.75) is 13.0 Å². The van der Waals surface area contributed by atoms with E-state index in [0.717, 1.165) is 22.5 Å². The number of hydrogen-bond donors (Lipinski definition) is 1. The average molecular weight is 350 g/mol. The van der Waals surface area contributed by atoms with E-state index in [1.807, 2.05) is 24.3 Å². The molecule has 1 N–H and O–H groups in total. The van der Waals surface area contributed by atoms with Gasteiger partial charge in [-0.05, 0) is 36.8 Å². The lowest BCUT2D eigenvalue weighted by Crippen LogP contribution is -2.24. The number of benzene rings is 2. The molecule has 0 spiro atoms. The van der Waals surface area contributed by atoms with Crippen molar-refractivity contribution in [2.24, 2.45) is 0 Å². The molecule has 0 heterocycles. The van der Waals surface area contributed by atoms with Crippen molar-refractivity contribution >= 4 is 15.9 Å². The van der Waals surface area contributed by atoms with E-state index >= 15 is 0 Å². The fourth-order valence-electron chi connectivity index (χ4n) is 2.04. The second-order valence-corrected chi connectivity index (χ2v) is 5.64. The Hall–Kier alpha value is -1.52. The van der Waals surface area contributed by atoms with Gasteiger partial charge in [0.25, 0.3) is 0 Å². The highest BCUT2D eigenvalue weighted by molar-refractivity contribution is 9.10. The lowest BCUT2D eigenvalue weighted by atomic mass is 10.1. The standard InChI is InChI=1S/C17H20BrNO2/c1-13(14-7-9-15(18)10-8-14)19-11-12-21-17-6-4-3-5-16(17)20-2/h3-10,13,19H,11-12H2,1-2H3/t13-/m1/s1. The van der Waals surface area contributed by atoms with Crippen molar-refractivity contribution in [1.82, 2.24) is 5.32 Å². The van der Waals surface area contributed by atoms with Gasteiger partial charge in [-0.25, -0.2) is 0 Å². The molecule has 0 bridgehead atoms. The third kappa shape index (κ3) is 4.76. The highest BCUT2D eigenvalue weighted by Gasteiger charge is 2.05. The molecule has 0 saturated carbocycles. The summed E-state index contributed by atoms with van der Waals surface area (Å²) >= 11 is 3.45. The van der Waals surface area contributed by atoms with Gasteiger partial charge in [0.05, 0.1) is 7.11 Å². The van der Waals surface area contributed by atoms with Crippen LogP contribution in [0.15, 0.2) is 53.0 Å². The Bertz CT molecular complexity index is 557. The molecule has 2 aromatic rings. The highest BCUT2D eigenvalue weighted by atomic mass is 79.9. The summed E-state index contributed by atoms with van der Waals surface area (Å²) in [7, 11) is 1.65. The third-order valence-corrected chi connectivity index (χ3v) is 3.78. The minimum atomic E-state index is 0.291. The summed E-state index contributed by atoms with van der Waals surface area (Å²) in [4.78, 5) is 0. The first-order valence-corrected chi connectivity index (χ1v) is 7.74. The maximum atomic E-state index is 5.74. The lowest BCUT2D eigenvalue weighted by Gasteiger charge is -2.15. The van der Waals surface area contributed by atoms with Crippen LogP contribution in [0, 0.1) is 0 Å². The van der Waals surface area contributed by atoms with Crippen LogP contribution in [-0.4, -0.2) is 20.3 Å². The first-order valence-electron chi connectivity index (χ1n) is 6.95. The molecule has 0 aliphatic carbocycles. The summed E-state index contributed by atoms with van der Waals surface area (Å²) in [5, 5.41) is 3.44. The molecule has 4 heteroatoms. The molecule has 0 fully saturated rings. The largest absolute Gasteiger partial charge is 0.493 e. The second-order valence-electron chi connectivity index (χ2n) is 4.73. The van der Waals surface area contributed by atoms with Crippen LogP contribution in [0.1, 0.15) is 18.5 Å². The van der Waals surface area contributed by atoms with Gasteiger partial charge >= 0.3 is 0 Å². The molecular formula is C17H20BrNO2. The van der Waals surface area contributed by atoms with E-state index in [2.05, 4.69) is 52.4 Å². The van der Waals surface area contributed by atoms with Crippen LogP contribution in [-0.2, 0) is 0 Å². The molecule has 2 aromatic carbocycles. The predicted molar refractivity (Wildman–Crippen MR) is 89.0 cm³/mol. The zero-order chi connectivity index (χ0) is 15.1. The summed E-state index contributed by atoms with van der Waals surface area (Å²) in [5.41, 5.74) is 1.26. The van der Waals surface area contributed by atoms with Crippen LogP contribution in [0.5, 0.6) is 11.5 Å². The monoisotopic (exact) mass is 349 g/mol. The molecule has 2 rings (SSSR count). The molecule has 0 saturated heterocycles. The molecule has 1 atom stereocenters. The molecule has 0 amide bonds. The van der Waals surface area contributed by atoms with Gasteiger partial charge in [-0.15, -0.1) is 0 Å². The highest BCUT2D eigenvalue weighted by Crippen LogP contribution is 2.25. The summed E-state index contributed by atoms with van der Waals surface area (Å²) in [5.74, 6) is 1.54. The van der Waals surface area contributed by atoms with Crippen molar-refractivity contribution in [1.29, 1.82) is 0 Å². The number of rotatable bonds is 7. The second kappa shape index (κ2) is 8.05. The SMILES string of the molecule is COc1ccccc1OCCN[C@H](C)c1ccc(Br)cc1. The first kappa shape index (κ1) is 15.9. The quantitative estimate of drug-likeness (QED) is 0.760. The normalized spacial score (nSPS) is 12.0. The lowest BCUT2D eigenvalue weighted by molar-refractivity contribution is 0.288. The number of halogens is 1. The van der Waals surface area contributed by atoms with Crippen molar-refractivity contribution in [3.63, 3.8) is 0 Å². The van der Waals surface area contributed by atoms with E-state index in [9.17, 15) is 0 Å². The van der Waals surface area contributed by atoms with Gasteiger partial charge in [0.1, 0.15) is 6.61 Å². The first-order chi connectivity index (χ1) is 10.2. The Labute approximate surface area is 134 Å². The molecule has 0 radical (unpaired) electrons. The van der Waals surface area contributed by atoms with E-state index in [1.165, 1.54) is 5.56 Å². The number of nitrogens with one attached hydrogen (secondary N) is 1. The third-order valence-electron chi connectivity index (χ3n) is 3.25. The van der Waals surface area contributed by atoms with Crippen molar-refractivity contribution < 1.29 is 9.47 Å². The number of hydrogen-bond acceptors (Lipinski definition) is 3. The minimum absolute atomic E-state index is 0.291. The van der Waals surface area contributed by atoms with Gasteiger partial charge in [0.2, 0.25) is 0 Å². The van der Waals surface area contributed by atoms with E-state index in [0.29, 0.717) is 12.6 Å². The van der Waals surface area contributed by atoms with E-state index in [-0.39, 0.29) is 0 Å².